The second-order valence-electron chi connectivity index (χ2n) is 8.74. The molecule has 0 aromatic carbocycles. The SMILES string of the molecule is C=N/C(=N\N(C)CC1CC1)C1(O)CC2CC(c3ncn(C)c3C=O)CC2C1. The molecule has 1 N–H and O–H groups in total. The zero-order chi connectivity index (χ0) is 19.2. The molecule has 7 heteroatoms. The van der Waals surface area contributed by atoms with Crippen molar-refractivity contribution in [2.75, 3.05) is 13.6 Å². The van der Waals surface area contributed by atoms with Gasteiger partial charge in [0.2, 0.25) is 0 Å². The highest BCUT2D eigenvalue weighted by atomic mass is 16.3. The van der Waals surface area contributed by atoms with Crippen molar-refractivity contribution in [2.24, 2.45) is 34.9 Å². The molecule has 0 spiro atoms. The van der Waals surface area contributed by atoms with Crippen LogP contribution in [0.3, 0.4) is 0 Å². The number of aliphatic hydroxyl groups is 1. The van der Waals surface area contributed by atoms with E-state index in [4.69, 9.17) is 0 Å². The monoisotopic (exact) mass is 371 g/mol. The van der Waals surface area contributed by atoms with E-state index >= 15 is 0 Å². The van der Waals surface area contributed by atoms with Gasteiger partial charge in [-0.25, -0.2) is 9.98 Å². The summed E-state index contributed by atoms with van der Waals surface area (Å²) in [4.78, 5) is 19.9. The number of hydrazone groups is 1. The van der Waals surface area contributed by atoms with E-state index in [-0.39, 0.29) is 0 Å². The summed E-state index contributed by atoms with van der Waals surface area (Å²) in [6, 6.07) is 0. The Bertz CT molecular complexity index is 752. The third-order valence-corrected chi connectivity index (χ3v) is 6.60. The third kappa shape index (κ3) is 3.45. The highest BCUT2D eigenvalue weighted by Crippen LogP contribution is 2.54. The normalized spacial score (nSPS) is 33.1. The van der Waals surface area contributed by atoms with Crippen LogP contribution in [0.5, 0.6) is 0 Å². The van der Waals surface area contributed by atoms with Crippen LogP contribution in [0.2, 0.25) is 0 Å². The van der Waals surface area contributed by atoms with Crippen molar-refractivity contribution < 1.29 is 9.90 Å². The summed E-state index contributed by atoms with van der Waals surface area (Å²) in [6.45, 7) is 4.58. The lowest BCUT2D eigenvalue weighted by Gasteiger charge is -2.25. The second-order valence-corrected chi connectivity index (χ2v) is 8.74. The Morgan fingerprint density at radius 1 is 1.44 bits per heavy atom. The molecule has 1 heterocycles. The lowest BCUT2D eigenvalue weighted by molar-refractivity contribution is 0.105. The van der Waals surface area contributed by atoms with E-state index in [1.165, 1.54) is 12.8 Å². The maximum Gasteiger partial charge on any atom is 0.179 e. The zero-order valence-corrected chi connectivity index (χ0v) is 16.2. The number of rotatable bonds is 6. The molecule has 3 aliphatic rings. The van der Waals surface area contributed by atoms with Crippen LogP contribution in [0.25, 0.3) is 0 Å². The summed E-state index contributed by atoms with van der Waals surface area (Å²) >= 11 is 0. The molecule has 4 rings (SSSR count). The molecule has 3 fully saturated rings. The predicted octanol–water partition coefficient (Wildman–Crippen LogP) is 2.22. The minimum atomic E-state index is -0.989. The third-order valence-electron chi connectivity index (χ3n) is 6.60. The number of aromatic nitrogens is 2. The fourth-order valence-electron chi connectivity index (χ4n) is 5.13. The number of imidazole rings is 1. The topological polar surface area (TPSA) is 83.1 Å². The van der Waals surface area contributed by atoms with Gasteiger partial charge in [-0.15, -0.1) is 0 Å². The van der Waals surface area contributed by atoms with Gasteiger partial charge >= 0.3 is 0 Å². The van der Waals surface area contributed by atoms with E-state index in [0.717, 1.165) is 37.3 Å². The number of aliphatic imine (C=N–C) groups is 1. The molecule has 3 saturated carbocycles. The van der Waals surface area contributed by atoms with Gasteiger partial charge in [0, 0.05) is 26.6 Å². The Morgan fingerprint density at radius 3 is 2.67 bits per heavy atom. The van der Waals surface area contributed by atoms with E-state index in [1.54, 1.807) is 10.9 Å². The van der Waals surface area contributed by atoms with Crippen molar-refractivity contribution in [1.82, 2.24) is 14.6 Å². The van der Waals surface area contributed by atoms with Crippen LogP contribution in [0, 0.1) is 17.8 Å². The fraction of sp³-hybridized carbons (Fsp3) is 0.700. The van der Waals surface area contributed by atoms with E-state index in [2.05, 4.69) is 21.8 Å². The molecule has 0 amide bonds. The van der Waals surface area contributed by atoms with E-state index in [9.17, 15) is 9.90 Å². The zero-order valence-electron chi connectivity index (χ0n) is 16.2. The summed E-state index contributed by atoms with van der Waals surface area (Å²) in [6.07, 6.45) is 8.37. The molecule has 0 radical (unpaired) electrons. The van der Waals surface area contributed by atoms with E-state index < -0.39 is 5.60 Å². The first kappa shape index (κ1) is 18.3. The number of hydrogen-bond acceptors (Lipinski definition) is 5. The van der Waals surface area contributed by atoms with Gasteiger partial charge < -0.3 is 9.67 Å². The number of hydrogen-bond donors (Lipinski definition) is 1. The minimum absolute atomic E-state index is 0.292. The van der Waals surface area contributed by atoms with Crippen molar-refractivity contribution in [3.8, 4) is 0 Å². The molecular weight excluding hydrogens is 342 g/mol. The van der Waals surface area contributed by atoms with Crippen molar-refractivity contribution in [3.63, 3.8) is 0 Å². The first-order valence-electron chi connectivity index (χ1n) is 9.89. The van der Waals surface area contributed by atoms with Gasteiger partial charge in [-0.05, 0) is 63.0 Å². The van der Waals surface area contributed by atoms with Crippen LogP contribution >= 0.6 is 0 Å². The number of carbonyl (C=O) groups excluding carboxylic acids is 1. The van der Waals surface area contributed by atoms with Gasteiger partial charge in [-0.3, -0.25) is 9.80 Å². The van der Waals surface area contributed by atoms with Crippen molar-refractivity contribution in [3.05, 3.63) is 17.7 Å². The number of carbonyl (C=O) groups is 1. The molecule has 3 aliphatic carbocycles. The Labute approximate surface area is 160 Å². The molecule has 7 nitrogen and oxygen atoms in total. The number of nitrogens with zero attached hydrogens (tertiary/aromatic N) is 5. The first-order valence-corrected chi connectivity index (χ1v) is 9.89. The summed E-state index contributed by atoms with van der Waals surface area (Å²) in [5.74, 6) is 2.29. The molecule has 1 aromatic rings. The number of amidine groups is 1. The van der Waals surface area contributed by atoms with E-state index in [0.29, 0.717) is 42.1 Å². The molecule has 1 aromatic heterocycles. The van der Waals surface area contributed by atoms with Crippen molar-refractivity contribution in [1.29, 1.82) is 0 Å². The highest BCUT2D eigenvalue weighted by Gasteiger charge is 2.52. The lowest BCUT2D eigenvalue weighted by atomic mass is 9.91. The summed E-state index contributed by atoms with van der Waals surface area (Å²) < 4.78 is 1.79. The standard InChI is InChI=1S/C20H29N5O2/c1-21-19(23-25(3)10-13-4-5-13)20(27)8-15-6-14(7-16(15)9-20)18-17(11-26)24(2)12-22-18/h11-16,27H,1,4-10H2,2-3H3/b23-19-. The molecule has 2 unspecified atom stereocenters. The quantitative estimate of drug-likeness (QED) is 0.360. The predicted molar refractivity (Wildman–Crippen MR) is 104 cm³/mol. The van der Waals surface area contributed by atoms with Gasteiger partial charge in [-0.2, -0.15) is 5.10 Å². The molecule has 0 saturated heterocycles. The van der Waals surface area contributed by atoms with Crippen LogP contribution < -0.4 is 0 Å². The number of aldehydes is 1. The van der Waals surface area contributed by atoms with Gasteiger partial charge in [0.05, 0.1) is 12.0 Å². The second kappa shape index (κ2) is 6.86. The number of fused-ring (bicyclic) bond motifs is 1. The van der Waals surface area contributed by atoms with Crippen LogP contribution in [-0.2, 0) is 7.05 Å². The molecule has 2 atom stereocenters. The Balaban J connectivity index is 1.45. The Morgan fingerprint density at radius 2 is 2.11 bits per heavy atom. The molecule has 146 valence electrons. The van der Waals surface area contributed by atoms with Crippen molar-refractivity contribution >= 4 is 18.8 Å². The molecule has 0 bridgehead atoms. The molecule has 0 aliphatic heterocycles. The van der Waals surface area contributed by atoms with Gasteiger partial charge in [0.25, 0.3) is 0 Å². The first-order chi connectivity index (χ1) is 12.9. The smallest absolute Gasteiger partial charge is 0.179 e. The van der Waals surface area contributed by atoms with Gasteiger partial charge in [0.1, 0.15) is 11.3 Å². The summed E-state index contributed by atoms with van der Waals surface area (Å²) in [7, 11) is 3.80. The Hall–Kier alpha value is -2.02. The van der Waals surface area contributed by atoms with E-state index in [1.807, 2.05) is 19.1 Å². The average molecular weight is 371 g/mol. The number of aryl methyl sites for hydroxylation is 1. The summed E-state index contributed by atoms with van der Waals surface area (Å²) in [5, 5.41) is 17.7. The maximum atomic E-state index is 11.4. The molecular formula is C20H29N5O2. The van der Waals surface area contributed by atoms with Crippen LogP contribution in [0.15, 0.2) is 16.4 Å². The minimum Gasteiger partial charge on any atom is -0.382 e. The average Bonchev–Trinajstić information content (AvgIpc) is 3.09. The maximum absolute atomic E-state index is 11.4. The van der Waals surface area contributed by atoms with Gasteiger partial charge in [-0.1, -0.05) is 0 Å². The van der Waals surface area contributed by atoms with Crippen molar-refractivity contribution in [2.45, 2.75) is 50.0 Å². The molecule has 27 heavy (non-hydrogen) atoms. The fourth-order valence-corrected chi connectivity index (χ4v) is 5.13. The highest BCUT2D eigenvalue weighted by molar-refractivity contribution is 5.93. The largest absolute Gasteiger partial charge is 0.382 e. The Kier molecular flexibility index (Phi) is 4.66. The lowest BCUT2D eigenvalue weighted by Crippen LogP contribution is -2.37. The van der Waals surface area contributed by atoms with Crippen LogP contribution in [0.1, 0.15) is 60.6 Å². The summed E-state index contributed by atoms with van der Waals surface area (Å²) in [5.41, 5.74) is 0.592. The van der Waals surface area contributed by atoms with Crippen LogP contribution in [-0.4, -0.2) is 57.7 Å². The van der Waals surface area contributed by atoms with Crippen LogP contribution in [0.4, 0.5) is 0 Å². The van der Waals surface area contributed by atoms with Gasteiger partial charge in [0.15, 0.2) is 12.1 Å².